The molecule has 0 spiro atoms. The lowest BCUT2D eigenvalue weighted by Gasteiger charge is -2.29. The quantitative estimate of drug-likeness (QED) is 0.687. The molecule has 0 bridgehead atoms. The second-order valence-electron chi connectivity index (χ2n) is 6.75. The van der Waals surface area contributed by atoms with Crippen molar-refractivity contribution in [2.24, 2.45) is 0 Å². The Morgan fingerprint density at radius 2 is 1.79 bits per heavy atom. The Labute approximate surface area is 173 Å². The smallest absolute Gasteiger partial charge is 0.265 e. The maximum atomic E-state index is 12.7. The van der Waals surface area contributed by atoms with E-state index < -0.39 is 0 Å². The molecule has 1 heterocycles. The molecule has 4 rings (SSSR count). The largest absolute Gasteiger partial charge is 0.482 e. The van der Waals surface area contributed by atoms with Crippen LogP contribution in [-0.4, -0.2) is 25.0 Å². The van der Waals surface area contributed by atoms with Crippen LogP contribution < -0.4 is 15.0 Å². The van der Waals surface area contributed by atoms with Crippen LogP contribution in [-0.2, 0) is 16.0 Å². The van der Waals surface area contributed by atoms with Crippen molar-refractivity contribution in [2.45, 2.75) is 6.42 Å². The minimum absolute atomic E-state index is 0.105. The summed E-state index contributed by atoms with van der Waals surface area (Å²) in [6, 6.07) is 22.7. The number of carbonyl (C=O) groups is 2. The monoisotopic (exact) mass is 406 g/mol. The van der Waals surface area contributed by atoms with Gasteiger partial charge in [0.2, 0.25) is 5.91 Å². The molecule has 3 aromatic rings. The molecule has 0 aromatic heterocycles. The normalized spacial score (nSPS) is 12.9. The molecule has 2 amide bonds. The van der Waals surface area contributed by atoms with Crippen molar-refractivity contribution in [1.82, 2.24) is 0 Å². The van der Waals surface area contributed by atoms with E-state index in [1.165, 1.54) is 4.90 Å². The van der Waals surface area contributed by atoms with Crippen LogP contribution >= 0.6 is 11.6 Å². The van der Waals surface area contributed by atoms with Crippen molar-refractivity contribution >= 4 is 34.8 Å². The van der Waals surface area contributed by atoms with Crippen LogP contribution in [0.1, 0.15) is 11.1 Å². The minimum Gasteiger partial charge on any atom is -0.482 e. The van der Waals surface area contributed by atoms with Gasteiger partial charge in [0.05, 0.1) is 5.69 Å². The van der Waals surface area contributed by atoms with Crippen molar-refractivity contribution in [3.63, 3.8) is 0 Å². The Hall–Kier alpha value is -3.31. The van der Waals surface area contributed by atoms with Gasteiger partial charge in [-0.15, -0.1) is 0 Å². The van der Waals surface area contributed by atoms with E-state index in [-0.39, 0.29) is 25.0 Å². The van der Waals surface area contributed by atoms with Crippen molar-refractivity contribution in [2.75, 3.05) is 23.4 Å². The molecule has 5 nitrogen and oxygen atoms in total. The van der Waals surface area contributed by atoms with Crippen LogP contribution in [0.15, 0.2) is 72.8 Å². The highest BCUT2D eigenvalue weighted by Gasteiger charge is 2.27. The predicted octanol–water partition coefficient (Wildman–Crippen LogP) is 4.29. The van der Waals surface area contributed by atoms with E-state index in [0.717, 1.165) is 16.8 Å². The SMILES string of the molecule is O=C(CN1C(=O)COc2ccc(Cl)cc21)Nc1ccccc1Cc1ccccc1. The van der Waals surface area contributed by atoms with Crippen LogP contribution in [0, 0.1) is 0 Å². The number of para-hydroxylation sites is 1. The van der Waals surface area contributed by atoms with E-state index in [0.29, 0.717) is 22.9 Å². The van der Waals surface area contributed by atoms with Gasteiger partial charge >= 0.3 is 0 Å². The van der Waals surface area contributed by atoms with E-state index >= 15 is 0 Å². The molecule has 146 valence electrons. The molecule has 0 saturated heterocycles. The molecule has 1 aliphatic rings. The van der Waals surface area contributed by atoms with Crippen molar-refractivity contribution in [3.8, 4) is 5.75 Å². The predicted molar refractivity (Wildman–Crippen MR) is 114 cm³/mol. The molecule has 0 atom stereocenters. The van der Waals surface area contributed by atoms with Crippen LogP contribution in [0.2, 0.25) is 5.02 Å². The fourth-order valence-corrected chi connectivity index (χ4v) is 3.46. The second-order valence-corrected chi connectivity index (χ2v) is 7.18. The first-order valence-corrected chi connectivity index (χ1v) is 9.62. The summed E-state index contributed by atoms with van der Waals surface area (Å²) in [7, 11) is 0. The maximum absolute atomic E-state index is 12.7. The van der Waals surface area contributed by atoms with Crippen molar-refractivity contribution in [3.05, 3.63) is 88.9 Å². The third-order valence-corrected chi connectivity index (χ3v) is 4.93. The van der Waals surface area contributed by atoms with E-state index in [9.17, 15) is 9.59 Å². The first-order valence-electron chi connectivity index (χ1n) is 9.24. The van der Waals surface area contributed by atoms with Crippen LogP contribution in [0.4, 0.5) is 11.4 Å². The van der Waals surface area contributed by atoms with Crippen LogP contribution in [0.5, 0.6) is 5.75 Å². The lowest BCUT2D eigenvalue weighted by Crippen LogP contribution is -2.43. The highest BCUT2D eigenvalue weighted by atomic mass is 35.5. The highest BCUT2D eigenvalue weighted by molar-refractivity contribution is 6.31. The van der Waals surface area contributed by atoms with E-state index in [1.54, 1.807) is 18.2 Å². The van der Waals surface area contributed by atoms with Gasteiger partial charge in [-0.05, 0) is 41.8 Å². The molecule has 1 N–H and O–H groups in total. The van der Waals surface area contributed by atoms with Gasteiger partial charge in [0.1, 0.15) is 12.3 Å². The number of fused-ring (bicyclic) bond motifs is 1. The number of amides is 2. The van der Waals surface area contributed by atoms with Crippen molar-refractivity contribution < 1.29 is 14.3 Å². The van der Waals surface area contributed by atoms with Gasteiger partial charge < -0.3 is 10.1 Å². The lowest BCUT2D eigenvalue weighted by molar-refractivity contribution is -0.123. The number of rotatable bonds is 5. The highest BCUT2D eigenvalue weighted by Crippen LogP contribution is 2.34. The van der Waals surface area contributed by atoms with Gasteiger partial charge in [0.25, 0.3) is 5.91 Å². The Kier molecular flexibility index (Phi) is 5.49. The maximum Gasteiger partial charge on any atom is 0.265 e. The zero-order valence-electron chi connectivity index (χ0n) is 15.6. The third-order valence-electron chi connectivity index (χ3n) is 4.69. The van der Waals surface area contributed by atoms with E-state index in [4.69, 9.17) is 16.3 Å². The minimum atomic E-state index is -0.285. The van der Waals surface area contributed by atoms with Crippen LogP contribution in [0.3, 0.4) is 0 Å². The first-order chi connectivity index (χ1) is 14.1. The van der Waals surface area contributed by atoms with Gasteiger partial charge in [-0.2, -0.15) is 0 Å². The standard InChI is InChI=1S/C23H19ClN2O3/c24-18-10-11-21-20(13-18)26(23(28)15-29-21)14-22(27)25-19-9-5-4-8-17(19)12-16-6-2-1-3-7-16/h1-11,13H,12,14-15H2,(H,25,27). The van der Waals surface area contributed by atoms with E-state index in [1.807, 2.05) is 54.6 Å². The molecule has 6 heteroatoms. The molecule has 0 radical (unpaired) electrons. The molecule has 29 heavy (non-hydrogen) atoms. The molecular formula is C23H19ClN2O3. The summed E-state index contributed by atoms with van der Waals surface area (Å²) in [5.41, 5.74) is 3.39. The van der Waals surface area contributed by atoms with E-state index in [2.05, 4.69) is 5.32 Å². The van der Waals surface area contributed by atoms with Crippen LogP contribution in [0.25, 0.3) is 0 Å². The van der Waals surface area contributed by atoms with Gasteiger partial charge in [0, 0.05) is 10.7 Å². The molecule has 0 unspecified atom stereocenters. The molecular weight excluding hydrogens is 388 g/mol. The second kappa shape index (κ2) is 8.37. The number of hydrogen-bond donors (Lipinski definition) is 1. The average molecular weight is 407 g/mol. The van der Waals surface area contributed by atoms with Gasteiger partial charge in [0.15, 0.2) is 6.61 Å². The summed E-state index contributed by atoms with van der Waals surface area (Å²) in [4.78, 5) is 26.5. The Balaban J connectivity index is 1.51. The number of benzene rings is 3. The van der Waals surface area contributed by atoms with Crippen molar-refractivity contribution in [1.29, 1.82) is 0 Å². The zero-order chi connectivity index (χ0) is 20.2. The number of nitrogens with one attached hydrogen (secondary N) is 1. The summed E-state index contributed by atoms with van der Waals surface area (Å²) >= 11 is 6.06. The number of nitrogens with zero attached hydrogens (tertiary/aromatic N) is 1. The summed E-state index contributed by atoms with van der Waals surface area (Å²) in [5.74, 6) is -0.0366. The van der Waals surface area contributed by atoms with Gasteiger partial charge in [-0.3, -0.25) is 14.5 Å². The molecule has 1 aliphatic heterocycles. The Morgan fingerprint density at radius 3 is 2.62 bits per heavy atom. The number of halogens is 1. The molecule has 0 aliphatic carbocycles. The number of hydrogen-bond acceptors (Lipinski definition) is 3. The Bertz CT molecular complexity index is 1050. The fraction of sp³-hybridized carbons (Fsp3) is 0.130. The average Bonchev–Trinajstić information content (AvgIpc) is 2.72. The summed E-state index contributed by atoms with van der Waals surface area (Å²) in [6.07, 6.45) is 0.701. The summed E-state index contributed by atoms with van der Waals surface area (Å²) < 4.78 is 5.42. The molecule has 0 saturated carbocycles. The fourth-order valence-electron chi connectivity index (χ4n) is 3.29. The van der Waals surface area contributed by atoms with Gasteiger partial charge in [-0.1, -0.05) is 60.1 Å². The third kappa shape index (κ3) is 4.41. The lowest BCUT2D eigenvalue weighted by atomic mass is 10.0. The first kappa shape index (κ1) is 19.0. The summed E-state index contributed by atoms with van der Waals surface area (Å²) in [5, 5.41) is 3.41. The number of anilines is 2. The molecule has 3 aromatic carbocycles. The number of carbonyl (C=O) groups excluding carboxylic acids is 2. The topological polar surface area (TPSA) is 58.6 Å². The summed E-state index contributed by atoms with van der Waals surface area (Å²) in [6.45, 7) is -0.221. The molecule has 0 fully saturated rings. The number of ether oxygens (including phenoxy) is 1. The Morgan fingerprint density at radius 1 is 1.03 bits per heavy atom. The van der Waals surface area contributed by atoms with Gasteiger partial charge in [-0.25, -0.2) is 0 Å². The zero-order valence-corrected chi connectivity index (χ0v) is 16.4.